The smallest absolute Gasteiger partial charge is 0.261 e. The van der Waals surface area contributed by atoms with Crippen molar-refractivity contribution < 1.29 is 18.7 Å². The Kier molecular flexibility index (Phi) is 5.75. The third-order valence-corrected chi connectivity index (χ3v) is 3.56. The molecule has 0 atom stereocenters. The molecule has 0 fully saturated rings. The largest absolute Gasteiger partial charge is 0.494 e. The van der Waals surface area contributed by atoms with E-state index in [1.165, 1.54) is 32.4 Å². The number of hydrogen-bond donors (Lipinski definition) is 1. The number of carbonyl (C=O) groups is 2. The summed E-state index contributed by atoms with van der Waals surface area (Å²) in [5.41, 5.74) is 0.735. The summed E-state index contributed by atoms with van der Waals surface area (Å²) in [4.78, 5) is 25.9. The zero-order valence-electron chi connectivity index (χ0n) is 13.9. The number of ether oxygens (including phenoxy) is 1. The molecule has 2 rings (SSSR count). The summed E-state index contributed by atoms with van der Waals surface area (Å²) in [6, 6.07) is 10.8. The van der Waals surface area contributed by atoms with Crippen molar-refractivity contribution in [3.05, 3.63) is 59.4 Å². The van der Waals surface area contributed by atoms with Gasteiger partial charge in [-0.3, -0.25) is 14.5 Å². The number of anilines is 1. The maximum atomic E-state index is 14.5. The summed E-state index contributed by atoms with van der Waals surface area (Å²) in [6.45, 7) is -0.278. The van der Waals surface area contributed by atoms with Crippen LogP contribution in [0.1, 0.15) is 15.9 Å². The Hall–Kier alpha value is -3.33. The number of carbonyl (C=O) groups excluding carboxylic acids is 2. The average Bonchev–Trinajstić information content (AvgIpc) is 2.65. The number of amides is 2. The molecule has 0 saturated carbocycles. The number of halogens is 1. The first kappa shape index (κ1) is 18.0. The van der Waals surface area contributed by atoms with Crippen LogP contribution in [0.4, 0.5) is 10.1 Å². The number of nitrogens with one attached hydrogen (secondary N) is 1. The van der Waals surface area contributed by atoms with Crippen LogP contribution in [0.15, 0.2) is 42.5 Å². The molecule has 2 aromatic rings. The normalized spacial score (nSPS) is 9.84. The summed E-state index contributed by atoms with van der Waals surface area (Å²) in [5, 5.41) is 2.45. The molecule has 0 radical (unpaired) electrons. The van der Waals surface area contributed by atoms with Crippen molar-refractivity contribution in [3.8, 4) is 18.1 Å². The van der Waals surface area contributed by atoms with Crippen LogP contribution >= 0.6 is 0 Å². The van der Waals surface area contributed by atoms with Crippen LogP contribution in [-0.2, 0) is 4.79 Å². The molecule has 25 heavy (non-hydrogen) atoms. The van der Waals surface area contributed by atoms with Gasteiger partial charge in [0.2, 0.25) is 5.91 Å². The Morgan fingerprint density at radius 3 is 2.64 bits per heavy atom. The molecule has 0 spiro atoms. The lowest BCUT2D eigenvalue weighted by atomic mass is 10.1. The first-order chi connectivity index (χ1) is 12.0. The van der Waals surface area contributed by atoms with Crippen LogP contribution in [0.2, 0.25) is 0 Å². The summed E-state index contributed by atoms with van der Waals surface area (Å²) < 4.78 is 19.4. The third-order valence-electron chi connectivity index (χ3n) is 3.56. The topological polar surface area (TPSA) is 58.6 Å². The van der Waals surface area contributed by atoms with Crippen LogP contribution in [-0.4, -0.2) is 32.5 Å². The SMILES string of the molecule is C#Cc1cccc(N(CC(=O)NC)C(=O)c2cccc(OC)c2F)c1. The standard InChI is InChI=1S/C19H17FN2O3/c1-4-13-7-5-8-14(11-13)22(12-17(23)21-2)19(24)15-9-6-10-16(25-3)18(15)20/h1,5-11H,12H2,2-3H3,(H,21,23). The molecule has 5 nitrogen and oxygen atoms in total. The quantitative estimate of drug-likeness (QED) is 0.849. The Bertz CT molecular complexity index is 843. The second-order valence-corrected chi connectivity index (χ2v) is 5.08. The zero-order chi connectivity index (χ0) is 18.4. The van der Waals surface area contributed by atoms with E-state index in [2.05, 4.69) is 11.2 Å². The molecule has 0 saturated heterocycles. The molecule has 0 aliphatic carbocycles. The second kappa shape index (κ2) is 7.97. The molecular weight excluding hydrogens is 323 g/mol. The summed E-state index contributed by atoms with van der Waals surface area (Å²) >= 11 is 0. The average molecular weight is 340 g/mol. The van der Waals surface area contributed by atoms with Gasteiger partial charge >= 0.3 is 0 Å². The molecule has 128 valence electrons. The third kappa shape index (κ3) is 3.96. The molecule has 0 aliphatic heterocycles. The minimum atomic E-state index is -0.787. The van der Waals surface area contributed by atoms with Crippen LogP contribution in [0.3, 0.4) is 0 Å². The van der Waals surface area contributed by atoms with Crippen molar-refractivity contribution >= 4 is 17.5 Å². The van der Waals surface area contributed by atoms with E-state index in [1.54, 1.807) is 24.3 Å². The van der Waals surface area contributed by atoms with E-state index in [1.807, 2.05) is 0 Å². The van der Waals surface area contributed by atoms with Crippen LogP contribution in [0, 0.1) is 18.2 Å². The van der Waals surface area contributed by atoms with Gasteiger partial charge in [-0.1, -0.05) is 18.1 Å². The van der Waals surface area contributed by atoms with Crippen molar-refractivity contribution in [2.45, 2.75) is 0 Å². The fraction of sp³-hybridized carbons (Fsp3) is 0.158. The van der Waals surface area contributed by atoms with Gasteiger partial charge in [0.25, 0.3) is 5.91 Å². The van der Waals surface area contributed by atoms with E-state index in [-0.39, 0.29) is 17.9 Å². The van der Waals surface area contributed by atoms with Gasteiger partial charge in [-0.2, -0.15) is 0 Å². The van der Waals surface area contributed by atoms with Gasteiger partial charge in [0.1, 0.15) is 6.54 Å². The van der Waals surface area contributed by atoms with Gasteiger partial charge < -0.3 is 10.1 Å². The van der Waals surface area contributed by atoms with E-state index in [0.29, 0.717) is 11.3 Å². The van der Waals surface area contributed by atoms with E-state index >= 15 is 0 Å². The van der Waals surface area contributed by atoms with E-state index in [9.17, 15) is 14.0 Å². The van der Waals surface area contributed by atoms with Gasteiger partial charge in [-0.25, -0.2) is 4.39 Å². The molecule has 0 aliphatic rings. The molecule has 2 aromatic carbocycles. The first-order valence-electron chi connectivity index (χ1n) is 7.43. The fourth-order valence-corrected chi connectivity index (χ4v) is 2.25. The molecule has 0 bridgehead atoms. The molecule has 6 heteroatoms. The van der Waals surface area contributed by atoms with Gasteiger partial charge in [-0.15, -0.1) is 6.42 Å². The predicted octanol–water partition coefficient (Wildman–Crippen LogP) is 2.21. The summed E-state index contributed by atoms with van der Waals surface area (Å²) in [5.74, 6) is 0.553. The van der Waals surface area contributed by atoms with E-state index < -0.39 is 17.6 Å². The van der Waals surface area contributed by atoms with E-state index in [4.69, 9.17) is 11.2 Å². The number of benzene rings is 2. The highest BCUT2D eigenvalue weighted by Gasteiger charge is 2.24. The molecule has 2 amide bonds. The lowest BCUT2D eigenvalue weighted by molar-refractivity contribution is -0.119. The number of terminal acetylenes is 1. The fourth-order valence-electron chi connectivity index (χ4n) is 2.25. The highest BCUT2D eigenvalue weighted by molar-refractivity contribution is 6.09. The van der Waals surface area contributed by atoms with E-state index in [0.717, 1.165) is 4.90 Å². The second-order valence-electron chi connectivity index (χ2n) is 5.08. The Morgan fingerprint density at radius 2 is 2.00 bits per heavy atom. The number of nitrogens with zero attached hydrogens (tertiary/aromatic N) is 1. The van der Waals surface area contributed by atoms with Crippen LogP contribution < -0.4 is 15.0 Å². The number of methoxy groups -OCH3 is 1. The highest BCUT2D eigenvalue weighted by atomic mass is 19.1. The van der Waals surface area contributed by atoms with Crippen molar-refractivity contribution in [1.82, 2.24) is 5.32 Å². The molecule has 0 unspecified atom stereocenters. The van der Waals surface area contributed by atoms with Gasteiger partial charge in [0.15, 0.2) is 11.6 Å². The number of likely N-dealkylation sites (N-methyl/N-ethyl adjacent to an activating group) is 1. The van der Waals surface area contributed by atoms with Gasteiger partial charge in [-0.05, 0) is 30.3 Å². The Labute approximate surface area is 145 Å². The lowest BCUT2D eigenvalue weighted by Crippen LogP contribution is -2.40. The minimum Gasteiger partial charge on any atom is -0.494 e. The molecule has 0 aromatic heterocycles. The lowest BCUT2D eigenvalue weighted by Gasteiger charge is -2.23. The maximum absolute atomic E-state index is 14.5. The van der Waals surface area contributed by atoms with Gasteiger partial charge in [0.05, 0.1) is 12.7 Å². The van der Waals surface area contributed by atoms with Crippen LogP contribution in [0.5, 0.6) is 5.75 Å². The van der Waals surface area contributed by atoms with Crippen molar-refractivity contribution in [2.24, 2.45) is 0 Å². The minimum absolute atomic E-state index is 0.0527. The molecule has 1 N–H and O–H groups in total. The summed E-state index contributed by atoms with van der Waals surface area (Å²) in [7, 11) is 2.76. The van der Waals surface area contributed by atoms with Gasteiger partial charge in [0, 0.05) is 18.3 Å². The Balaban J connectivity index is 2.50. The Morgan fingerprint density at radius 1 is 1.28 bits per heavy atom. The monoisotopic (exact) mass is 340 g/mol. The highest BCUT2D eigenvalue weighted by Crippen LogP contribution is 2.24. The number of hydrogen-bond acceptors (Lipinski definition) is 3. The zero-order valence-corrected chi connectivity index (χ0v) is 13.9. The predicted molar refractivity (Wildman–Crippen MR) is 93.1 cm³/mol. The van der Waals surface area contributed by atoms with Crippen molar-refractivity contribution in [1.29, 1.82) is 0 Å². The van der Waals surface area contributed by atoms with Crippen molar-refractivity contribution in [2.75, 3.05) is 25.6 Å². The first-order valence-corrected chi connectivity index (χ1v) is 7.43. The molecular formula is C19H17FN2O3. The summed E-state index contributed by atoms with van der Waals surface area (Å²) in [6.07, 6.45) is 5.39. The van der Waals surface area contributed by atoms with Crippen LogP contribution in [0.25, 0.3) is 0 Å². The van der Waals surface area contributed by atoms with Crippen molar-refractivity contribution in [3.63, 3.8) is 0 Å². The number of rotatable bonds is 5. The maximum Gasteiger partial charge on any atom is 0.261 e. The molecule has 0 heterocycles.